The van der Waals surface area contributed by atoms with Gasteiger partial charge in [-0.1, -0.05) is 12.1 Å². The van der Waals surface area contributed by atoms with Crippen LogP contribution in [0, 0.1) is 0 Å². The number of benzene rings is 2. The number of hydrogen-bond acceptors (Lipinski definition) is 5. The van der Waals surface area contributed by atoms with Gasteiger partial charge in [0.05, 0.1) is 24.6 Å². The molecule has 3 rings (SSSR count). The number of rotatable bonds is 9. The Morgan fingerprint density at radius 1 is 1.13 bits per heavy atom. The van der Waals surface area contributed by atoms with Gasteiger partial charge >= 0.3 is 5.69 Å². The van der Waals surface area contributed by atoms with Crippen LogP contribution in [0.15, 0.2) is 52.1 Å². The molecule has 8 nitrogen and oxygen atoms in total. The van der Waals surface area contributed by atoms with E-state index in [0.717, 1.165) is 10.1 Å². The minimum absolute atomic E-state index is 0.135. The van der Waals surface area contributed by atoms with Crippen LogP contribution in [0.1, 0.15) is 29.3 Å². The number of aromatic nitrogens is 2. The molecule has 2 N–H and O–H groups in total. The standard InChI is InChI=1S/C22H25N3O5/c1-3-30-12-4-11-23-20(26)16-7-10-18-19(13-16)24-22(28)25(21(18)27)14-15-5-8-17(29-2)9-6-15/h5-10,13H,3-4,11-12,14H2,1-2H3,(H,23,26)(H,24,28). The van der Waals surface area contributed by atoms with Gasteiger partial charge in [0.15, 0.2) is 0 Å². The summed E-state index contributed by atoms with van der Waals surface area (Å²) in [6.07, 6.45) is 0.708. The predicted octanol–water partition coefficient (Wildman–Crippen LogP) is 1.90. The number of nitrogens with zero attached hydrogens (tertiary/aromatic N) is 1. The Labute approximate surface area is 173 Å². The van der Waals surface area contributed by atoms with Crippen molar-refractivity contribution in [1.29, 1.82) is 0 Å². The van der Waals surface area contributed by atoms with Gasteiger partial charge in [0.1, 0.15) is 5.75 Å². The Morgan fingerprint density at radius 2 is 1.90 bits per heavy atom. The monoisotopic (exact) mass is 411 g/mol. The zero-order chi connectivity index (χ0) is 21.5. The quantitative estimate of drug-likeness (QED) is 0.524. The van der Waals surface area contributed by atoms with Gasteiger partial charge < -0.3 is 19.8 Å². The highest BCUT2D eigenvalue weighted by atomic mass is 16.5. The lowest BCUT2D eigenvalue weighted by molar-refractivity contribution is 0.0944. The van der Waals surface area contributed by atoms with E-state index in [1.165, 1.54) is 6.07 Å². The Kier molecular flexibility index (Phi) is 7.03. The fourth-order valence-corrected chi connectivity index (χ4v) is 3.08. The summed E-state index contributed by atoms with van der Waals surface area (Å²) < 4.78 is 11.5. The third kappa shape index (κ3) is 4.96. The Hall–Kier alpha value is -3.39. The highest BCUT2D eigenvalue weighted by Crippen LogP contribution is 2.13. The third-order valence-electron chi connectivity index (χ3n) is 4.70. The number of carbonyl (C=O) groups is 1. The van der Waals surface area contributed by atoms with Crippen molar-refractivity contribution in [2.45, 2.75) is 19.9 Å². The van der Waals surface area contributed by atoms with E-state index in [-0.39, 0.29) is 12.5 Å². The lowest BCUT2D eigenvalue weighted by Crippen LogP contribution is -2.35. The molecule has 0 unspecified atom stereocenters. The summed E-state index contributed by atoms with van der Waals surface area (Å²) in [6.45, 7) is 3.75. The van der Waals surface area contributed by atoms with E-state index in [0.29, 0.717) is 48.4 Å². The molecule has 1 amide bonds. The summed E-state index contributed by atoms with van der Waals surface area (Å²) in [5, 5.41) is 3.14. The van der Waals surface area contributed by atoms with Crippen LogP contribution in [0.25, 0.3) is 10.9 Å². The molecule has 3 aromatic rings. The zero-order valence-electron chi connectivity index (χ0n) is 17.1. The molecule has 0 radical (unpaired) electrons. The van der Waals surface area contributed by atoms with Crippen molar-refractivity contribution >= 4 is 16.8 Å². The number of fused-ring (bicyclic) bond motifs is 1. The molecule has 158 valence electrons. The second-order valence-corrected chi connectivity index (χ2v) is 6.74. The van der Waals surface area contributed by atoms with Gasteiger partial charge in [0.25, 0.3) is 11.5 Å². The van der Waals surface area contributed by atoms with Gasteiger partial charge in [-0.25, -0.2) is 4.79 Å². The molecule has 0 bridgehead atoms. The summed E-state index contributed by atoms with van der Waals surface area (Å²) in [6, 6.07) is 11.8. The SMILES string of the molecule is CCOCCCNC(=O)c1ccc2c(=O)n(Cc3ccc(OC)cc3)c(=O)[nH]c2c1. The van der Waals surface area contributed by atoms with Crippen LogP contribution in [-0.2, 0) is 11.3 Å². The number of hydrogen-bond donors (Lipinski definition) is 2. The van der Waals surface area contributed by atoms with Crippen molar-refractivity contribution in [2.75, 3.05) is 26.9 Å². The van der Waals surface area contributed by atoms with Crippen LogP contribution in [0.5, 0.6) is 5.75 Å². The molecular weight excluding hydrogens is 386 g/mol. The summed E-state index contributed by atoms with van der Waals surface area (Å²) in [5.74, 6) is 0.430. The largest absolute Gasteiger partial charge is 0.497 e. The minimum Gasteiger partial charge on any atom is -0.497 e. The smallest absolute Gasteiger partial charge is 0.329 e. The van der Waals surface area contributed by atoms with Crippen molar-refractivity contribution in [1.82, 2.24) is 14.9 Å². The highest BCUT2D eigenvalue weighted by molar-refractivity contribution is 5.97. The first-order valence-electron chi connectivity index (χ1n) is 9.79. The van der Waals surface area contributed by atoms with Gasteiger partial charge in [-0.05, 0) is 49.2 Å². The summed E-state index contributed by atoms with van der Waals surface area (Å²) >= 11 is 0. The van der Waals surface area contributed by atoms with E-state index in [9.17, 15) is 14.4 Å². The molecule has 8 heteroatoms. The molecule has 30 heavy (non-hydrogen) atoms. The first-order valence-corrected chi connectivity index (χ1v) is 9.79. The van der Waals surface area contributed by atoms with Crippen LogP contribution in [0.3, 0.4) is 0 Å². The molecule has 0 aliphatic rings. The molecule has 1 aromatic heterocycles. The first kappa shape index (κ1) is 21.3. The fraction of sp³-hybridized carbons (Fsp3) is 0.318. The molecule has 2 aromatic carbocycles. The van der Waals surface area contributed by atoms with Gasteiger partial charge in [0.2, 0.25) is 0 Å². The van der Waals surface area contributed by atoms with E-state index >= 15 is 0 Å². The number of aromatic amines is 1. The number of ether oxygens (including phenoxy) is 2. The summed E-state index contributed by atoms with van der Waals surface area (Å²) in [4.78, 5) is 40.4. The maximum atomic E-state index is 12.8. The number of amides is 1. The van der Waals surface area contributed by atoms with Crippen molar-refractivity contribution in [3.63, 3.8) is 0 Å². The lowest BCUT2D eigenvalue weighted by atomic mass is 10.1. The van der Waals surface area contributed by atoms with Gasteiger partial charge in [-0.2, -0.15) is 0 Å². The normalized spacial score (nSPS) is 10.9. The highest BCUT2D eigenvalue weighted by Gasteiger charge is 2.12. The number of H-pyrrole nitrogens is 1. The summed E-state index contributed by atoms with van der Waals surface area (Å²) in [5.41, 5.74) is 0.566. The van der Waals surface area contributed by atoms with Crippen LogP contribution >= 0.6 is 0 Å². The molecule has 0 spiro atoms. The van der Waals surface area contributed by atoms with Crippen LogP contribution in [0.4, 0.5) is 0 Å². The van der Waals surface area contributed by atoms with E-state index in [4.69, 9.17) is 9.47 Å². The Balaban J connectivity index is 1.80. The number of nitrogens with one attached hydrogen (secondary N) is 2. The number of methoxy groups -OCH3 is 1. The lowest BCUT2D eigenvalue weighted by Gasteiger charge is -2.09. The minimum atomic E-state index is -0.530. The topological polar surface area (TPSA) is 102 Å². The van der Waals surface area contributed by atoms with Crippen molar-refractivity contribution in [2.24, 2.45) is 0 Å². The van der Waals surface area contributed by atoms with Crippen molar-refractivity contribution < 1.29 is 14.3 Å². The van der Waals surface area contributed by atoms with Crippen molar-refractivity contribution in [3.05, 3.63) is 74.4 Å². The maximum Gasteiger partial charge on any atom is 0.329 e. The molecule has 0 aliphatic heterocycles. The average molecular weight is 411 g/mol. The summed E-state index contributed by atoms with van der Waals surface area (Å²) in [7, 11) is 1.57. The molecular formula is C22H25N3O5. The second kappa shape index (κ2) is 9.89. The zero-order valence-corrected chi connectivity index (χ0v) is 17.1. The van der Waals surface area contributed by atoms with E-state index in [1.54, 1.807) is 43.5 Å². The molecule has 1 heterocycles. The Morgan fingerprint density at radius 3 is 2.60 bits per heavy atom. The van der Waals surface area contributed by atoms with Gasteiger partial charge in [-0.15, -0.1) is 0 Å². The molecule has 0 fully saturated rings. The maximum absolute atomic E-state index is 12.8. The second-order valence-electron chi connectivity index (χ2n) is 6.74. The molecule has 0 aliphatic carbocycles. The number of carbonyl (C=O) groups excluding carboxylic acids is 1. The van der Waals surface area contributed by atoms with Gasteiger partial charge in [0, 0.05) is 25.3 Å². The molecule has 0 atom stereocenters. The van der Waals surface area contributed by atoms with Crippen molar-refractivity contribution in [3.8, 4) is 5.75 Å². The Bertz CT molecular complexity index is 1130. The third-order valence-corrected chi connectivity index (χ3v) is 4.70. The predicted molar refractivity (Wildman–Crippen MR) is 114 cm³/mol. The van der Waals surface area contributed by atoms with Crippen LogP contribution in [-0.4, -0.2) is 42.3 Å². The first-order chi connectivity index (χ1) is 14.5. The van der Waals surface area contributed by atoms with E-state index < -0.39 is 11.2 Å². The van der Waals surface area contributed by atoms with Crippen LogP contribution < -0.4 is 21.3 Å². The molecule has 0 saturated carbocycles. The van der Waals surface area contributed by atoms with Crippen LogP contribution in [0.2, 0.25) is 0 Å². The average Bonchev–Trinajstić information content (AvgIpc) is 2.76. The van der Waals surface area contributed by atoms with E-state index in [2.05, 4.69) is 10.3 Å². The fourth-order valence-electron chi connectivity index (χ4n) is 3.08. The van der Waals surface area contributed by atoms with Gasteiger partial charge in [-0.3, -0.25) is 14.2 Å². The molecule has 0 saturated heterocycles. The van der Waals surface area contributed by atoms with E-state index in [1.807, 2.05) is 6.92 Å².